The van der Waals surface area contributed by atoms with E-state index in [0.717, 1.165) is 0 Å². The molecule has 0 heterocycles. The van der Waals surface area contributed by atoms with Crippen molar-refractivity contribution in [2.75, 3.05) is 0 Å². The van der Waals surface area contributed by atoms with Gasteiger partial charge in [0.2, 0.25) is 0 Å². The number of hydrogen-bond donors (Lipinski definition) is 0. The molecule has 4 nitrogen and oxygen atoms in total. The van der Waals surface area contributed by atoms with Crippen LogP contribution in [-0.4, -0.2) is 11.9 Å². The van der Waals surface area contributed by atoms with Crippen molar-refractivity contribution in [3.8, 4) is 11.5 Å². The van der Waals surface area contributed by atoms with Crippen LogP contribution >= 0.6 is 31.9 Å². The molecule has 6 heteroatoms. The third kappa shape index (κ3) is 3.61. The first-order chi connectivity index (χ1) is 7.40. The Morgan fingerprint density at radius 1 is 1.00 bits per heavy atom. The summed E-state index contributed by atoms with van der Waals surface area (Å²) in [5.74, 6) is -0.133. The first-order valence-electron chi connectivity index (χ1n) is 4.26. The fourth-order valence-corrected chi connectivity index (χ4v) is 2.31. The second-order valence-electron chi connectivity index (χ2n) is 2.90. The summed E-state index contributed by atoms with van der Waals surface area (Å²) in [4.78, 5) is 21.6. The van der Waals surface area contributed by atoms with E-state index in [2.05, 4.69) is 31.9 Å². The standard InChI is InChI=1S/C10H8Br2O4/c1-5(13)15-7-3-8(11)10(9(12)4-7)16-6(2)14/h3-4H,1-2H3. The summed E-state index contributed by atoms with van der Waals surface area (Å²) in [5, 5.41) is 0. The maximum Gasteiger partial charge on any atom is 0.308 e. The number of esters is 2. The Kier molecular flexibility index (Phi) is 4.49. The molecule has 0 aliphatic heterocycles. The molecule has 1 aromatic carbocycles. The molecular formula is C10H8Br2O4. The zero-order valence-electron chi connectivity index (χ0n) is 8.54. The van der Waals surface area contributed by atoms with Crippen LogP contribution in [0.2, 0.25) is 0 Å². The average Bonchev–Trinajstić information content (AvgIpc) is 2.10. The van der Waals surface area contributed by atoms with Gasteiger partial charge in [0.1, 0.15) is 5.75 Å². The summed E-state index contributed by atoms with van der Waals surface area (Å²) >= 11 is 6.44. The number of carbonyl (C=O) groups is 2. The Hall–Kier alpha value is -0.880. The third-order valence-electron chi connectivity index (χ3n) is 1.48. The molecule has 0 bridgehead atoms. The summed E-state index contributed by atoms with van der Waals surface area (Å²) in [6.07, 6.45) is 0. The molecule has 0 radical (unpaired) electrons. The normalized spacial score (nSPS) is 9.75. The van der Waals surface area contributed by atoms with E-state index in [4.69, 9.17) is 9.47 Å². The lowest BCUT2D eigenvalue weighted by Gasteiger charge is -2.09. The minimum absolute atomic E-state index is 0.350. The molecule has 1 rings (SSSR count). The van der Waals surface area contributed by atoms with Gasteiger partial charge in [-0.2, -0.15) is 0 Å². The van der Waals surface area contributed by atoms with Crippen LogP contribution in [-0.2, 0) is 9.59 Å². The zero-order chi connectivity index (χ0) is 12.3. The number of benzene rings is 1. The third-order valence-corrected chi connectivity index (χ3v) is 2.66. The zero-order valence-corrected chi connectivity index (χ0v) is 11.7. The van der Waals surface area contributed by atoms with Crippen molar-refractivity contribution in [3.05, 3.63) is 21.1 Å². The highest BCUT2D eigenvalue weighted by molar-refractivity contribution is 9.11. The largest absolute Gasteiger partial charge is 0.427 e. The molecule has 0 unspecified atom stereocenters. The van der Waals surface area contributed by atoms with Crippen LogP contribution < -0.4 is 9.47 Å². The van der Waals surface area contributed by atoms with Crippen molar-refractivity contribution in [2.45, 2.75) is 13.8 Å². The topological polar surface area (TPSA) is 52.6 Å². The van der Waals surface area contributed by atoms with Crippen molar-refractivity contribution >= 4 is 43.8 Å². The fraction of sp³-hybridized carbons (Fsp3) is 0.200. The van der Waals surface area contributed by atoms with Crippen molar-refractivity contribution < 1.29 is 19.1 Å². The molecule has 1 aromatic rings. The fourth-order valence-electron chi connectivity index (χ4n) is 1.00. The predicted octanol–water partition coefficient (Wildman–Crippen LogP) is 3.06. The summed E-state index contributed by atoms with van der Waals surface area (Å²) in [6, 6.07) is 3.09. The van der Waals surface area contributed by atoms with Crippen LogP contribution in [0.5, 0.6) is 11.5 Å². The number of rotatable bonds is 2. The van der Waals surface area contributed by atoms with Gasteiger partial charge in [-0.15, -0.1) is 0 Å². The van der Waals surface area contributed by atoms with Crippen LogP contribution in [0.25, 0.3) is 0 Å². The Morgan fingerprint density at radius 2 is 1.44 bits per heavy atom. The van der Waals surface area contributed by atoms with Gasteiger partial charge in [0.25, 0.3) is 0 Å². The Bertz CT molecular complexity index is 419. The van der Waals surface area contributed by atoms with E-state index in [9.17, 15) is 9.59 Å². The van der Waals surface area contributed by atoms with Crippen molar-refractivity contribution in [2.24, 2.45) is 0 Å². The molecular weight excluding hydrogens is 344 g/mol. The predicted molar refractivity (Wildman–Crippen MR) is 64.5 cm³/mol. The molecule has 0 fully saturated rings. The van der Waals surface area contributed by atoms with Crippen molar-refractivity contribution in [1.29, 1.82) is 0 Å². The van der Waals surface area contributed by atoms with Gasteiger partial charge >= 0.3 is 11.9 Å². The van der Waals surface area contributed by atoms with E-state index in [1.807, 2.05) is 0 Å². The first kappa shape index (κ1) is 13.2. The minimum Gasteiger partial charge on any atom is -0.427 e. The molecule has 0 atom stereocenters. The quantitative estimate of drug-likeness (QED) is 0.607. The smallest absolute Gasteiger partial charge is 0.308 e. The Balaban J connectivity index is 3.06. The first-order valence-corrected chi connectivity index (χ1v) is 5.84. The lowest BCUT2D eigenvalue weighted by atomic mass is 10.3. The highest BCUT2D eigenvalue weighted by atomic mass is 79.9. The molecule has 0 aliphatic rings. The van der Waals surface area contributed by atoms with Gasteiger partial charge in [0.05, 0.1) is 8.95 Å². The molecule has 0 saturated carbocycles. The van der Waals surface area contributed by atoms with Gasteiger partial charge in [-0.05, 0) is 44.0 Å². The summed E-state index contributed by atoms with van der Waals surface area (Å²) in [7, 11) is 0. The molecule has 0 aromatic heterocycles. The van der Waals surface area contributed by atoms with Gasteiger partial charge in [-0.1, -0.05) is 0 Å². The monoisotopic (exact) mass is 350 g/mol. The number of ether oxygens (including phenoxy) is 2. The van der Waals surface area contributed by atoms with Gasteiger partial charge < -0.3 is 9.47 Å². The minimum atomic E-state index is -0.429. The van der Waals surface area contributed by atoms with E-state index in [1.165, 1.54) is 13.8 Å². The molecule has 86 valence electrons. The molecule has 0 saturated heterocycles. The molecule has 16 heavy (non-hydrogen) atoms. The highest BCUT2D eigenvalue weighted by Gasteiger charge is 2.12. The van der Waals surface area contributed by atoms with Gasteiger partial charge in [-0.25, -0.2) is 0 Å². The van der Waals surface area contributed by atoms with Crippen molar-refractivity contribution in [3.63, 3.8) is 0 Å². The summed E-state index contributed by atoms with van der Waals surface area (Å²) in [6.45, 7) is 2.61. The Morgan fingerprint density at radius 3 is 1.81 bits per heavy atom. The lowest BCUT2D eigenvalue weighted by molar-refractivity contribution is -0.133. The molecule has 0 amide bonds. The van der Waals surface area contributed by atoms with E-state index < -0.39 is 11.9 Å². The highest BCUT2D eigenvalue weighted by Crippen LogP contribution is 2.37. The molecule has 0 aliphatic carbocycles. The van der Waals surface area contributed by atoms with Crippen LogP contribution in [0, 0.1) is 0 Å². The van der Waals surface area contributed by atoms with E-state index in [1.54, 1.807) is 12.1 Å². The summed E-state index contributed by atoms with van der Waals surface area (Å²) in [5.41, 5.74) is 0. The molecule has 0 N–H and O–H groups in total. The Labute approximate surface area is 109 Å². The SMILES string of the molecule is CC(=O)Oc1cc(Br)c(OC(C)=O)c(Br)c1. The average molecular weight is 352 g/mol. The van der Waals surface area contributed by atoms with Crippen LogP contribution in [0.4, 0.5) is 0 Å². The molecule has 0 spiro atoms. The second-order valence-corrected chi connectivity index (χ2v) is 4.61. The number of hydrogen-bond acceptors (Lipinski definition) is 4. The maximum atomic E-state index is 10.8. The van der Waals surface area contributed by atoms with Crippen molar-refractivity contribution in [1.82, 2.24) is 0 Å². The van der Waals surface area contributed by atoms with Crippen LogP contribution in [0.1, 0.15) is 13.8 Å². The lowest BCUT2D eigenvalue weighted by Crippen LogP contribution is -2.04. The van der Waals surface area contributed by atoms with Crippen LogP contribution in [0.15, 0.2) is 21.1 Å². The van der Waals surface area contributed by atoms with Gasteiger partial charge in [-0.3, -0.25) is 9.59 Å². The van der Waals surface area contributed by atoms with E-state index in [0.29, 0.717) is 20.4 Å². The van der Waals surface area contributed by atoms with Gasteiger partial charge in [0.15, 0.2) is 5.75 Å². The van der Waals surface area contributed by atoms with E-state index in [-0.39, 0.29) is 0 Å². The summed E-state index contributed by atoms with van der Waals surface area (Å²) < 4.78 is 10.9. The van der Waals surface area contributed by atoms with E-state index >= 15 is 0 Å². The number of halogens is 2. The maximum absolute atomic E-state index is 10.8. The van der Waals surface area contributed by atoms with Gasteiger partial charge in [0, 0.05) is 13.8 Å². The van der Waals surface area contributed by atoms with Crippen LogP contribution in [0.3, 0.4) is 0 Å². The number of carbonyl (C=O) groups excluding carboxylic acids is 2. The second kappa shape index (κ2) is 5.45.